The second kappa shape index (κ2) is 7.70. The summed E-state index contributed by atoms with van der Waals surface area (Å²) in [6.45, 7) is 0.0892. The number of aromatic nitrogens is 1. The Morgan fingerprint density at radius 2 is 1.86 bits per heavy atom. The predicted molar refractivity (Wildman–Crippen MR) is 108 cm³/mol. The summed E-state index contributed by atoms with van der Waals surface area (Å²) >= 11 is 6.17. The zero-order valence-corrected chi connectivity index (χ0v) is 15.3. The highest BCUT2D eigenvalue weighted by Crippen LogP contribution is 2.29. The Labute approximate surface area is 165 Å². The molecule has 1 aromatic heterocycles. The summed E-state index contributed by atoms with van der Waals surface area (Å²) < 4.78 is 14.5. The molecular weight excluding hydrogens is 379 g/mol. The van der Waals surface area contributed by atoms with Crippen molar-refractivity contribution in [2.75, 3.05) is 6.54 Å². The zero-order chi connectivity index (χ0) is 19.5. The van der Waals surface area contributed by atoms with Crippen molar-refractivity contribution in [1.82, 2.24) is 4.98 Å². The maximum atomic E-state index is 14.5. The van der Waals surface area contributed by atoms with Crippen LogP contribution >= 0.6 is 11.6 Å². The van der Waals surface area contributed by atoms with Gasteiger partial charge in [-0.05, 0) is 42.5 Å². The molecule has 28 heavy (non-hydrogen) atoms. The first-order chi connectivity index (χ1) is 13.7. The third-order valence-electron chi connectivity index (χ3n) is 4.27. The fraction of sp³-hybridized carbons (Fsp3) is 0.0476. The van der Waals surface area contributed by atoms with E-state index in [2.05, 4.69) is 20.1 Å². The van der Waals surface area contributed by atoms with E-state index in [0.717, 1.165) is 0 Å². The van der Waals surface area contributed by atoms with Crippen molar-refractivity contribution in [2.24, 2.45) is 15.1 Å². The van der Waals surface area contributed by atoms with Crippen LogP contribution in [0.3, 0.4) is 0 Å². The summed E-state index contributed by atoms with van der Waals surface area (Å²) in [7, 11) is 0. The highest BCUT2D eigenvalue weighted by molar-refractivity contribution is 6.49. The Morgan fingerprint density at radius 1 is 1.04 bits per heavy atom. The van der Waals surface area contributed by atoms with Crippen LogP contribution in [0.25, 0.3) is 0 Å². The highest BCUT2D eigenvalue weighted by Gasteiger charge is 2.22. The topological polar surface area (TPSA) is 70.2 Å². The van der Waals surface area contributed by atoms with Gasteiger partial charge in [-0.2, -0.15) is 0 Å². The molecule has 1 aliphatic rings. The molecule has 0 atom stereocenters. The van der Waals surface area contributed by atoms with Gasteiger partial charge in [0.2, 0.25) is 0 Å². The number of fused-ring (bicyclic) bond motifs is 1. The summed E-state index contributed by atoms with van der Waals surface area (Å²) in [5, 5.41) is 13.5. The van der Waals surface area contributed by atoms with Gasteiger partial charge in [-0.1, -0.05) is 35.0 Å². The lowest BCUT2D eigenvalue weighted by Crippen LogP contribution is -2.20. The van der Waals surface area contributed by atoms with Crippen LogP contribution in [0.2, 0.25) is 5.02 Å². The lowest BCUT2D eigenvalue weighted by molar-refractivity contribution is 0.320. The molecule has 138 valence electrons. The van der Waals surface area contributed by atoms with E-state index in [0.29, 0.717) is 39.0 Å². The van der Waals surface area contributed by atoms with Gasteiger partial charge in [0.1, 0.15) is 5.82 Å². The molecule has 4 rings (SSSR count). The van der Waals surface area contributed by atoms with Crippen LogP contribution in [0.4, 0.5) is 10.1 Å². The van der Waals surface area contributed by atoms with Gasteiger partial charge in [0, 0.05) is 22.3 Å². The Kier molecular flexibility index (Phi) is 4.95. The summed E-state index contributed by atoms with van der Waals surface area (Å²) in [4.78, 5) is 13.4. The van der Waals surface area contributed by atoms with Gasteiger partial charge in [-0.15, -0.1) is 0 Å². The fourth-order valence-corrected chi connectivity index (χ4v) is 3.16. The van der Waals surface area contributed by atoms with Crippen LogP contribution in [0.5, 0.6) is 0 Å². The van der Waals surface area contributed by atoms with E-state index >= 15 is 0 Å². The molecule has 0 fully saturated rings. The minimum atomic E-state index is -0.392. The van der Waals surface area contributed by atoms with Crippen molar-refractivity contribution in [3.63, 3.8) is 0 Å². The van der Waals surface area contributed by atoms with Crippen LogP contribution in [0.15, 0.2) is 82.0 Å². The van der Waals surface area contributed by atoms with E-state index in [-0.39, 0.29) is 12.3 Å². The third kappa shape index (κ3) is 3.42. The molecular formula is C21H14ClFN4O. The molecule has 2 heterocycles. The van der Waals surface area contributed by atoms with Crippen LogP contribution in [0, 0.1) is 5.82 Å². The number of hydrogen-bond donors (Lipinski definition) is 1. The molecule has 0 radical (unpaired) electrons. The number of oxime groups is 1. The van der Waals surface area contributed by atoms with E-state index in [1.165, 1.54) is 6.07 Å². The van der Waals surface area contributed by atoms with Gasteiger partial charge < -0.3 is 5.21 Å². The maximum absolute atomic E-state index is 14.5. The number of nitrogens with zero attached hydrogens (tertiary/aromatic N) is 4. The van der Waals surface area contributed by atoms with E-state index in [1.54, 1.807) is 60.8 Å². The fourth-order valence-electron chi connectivity index (χ4n) is 2.99. The van der Waals surface area contributed by atoms with Crippen LogP contribution in [0.1, 0.15) is 16.8 Å². The van der Waals surface area contributed by atoms with Crippen molar-refractivity contribution < 1.29 is 9.60 Å². The summed E-state index contributed by atoms with van der Waals surface area (Å²) in [6.07, 6.45) is 1.60. The smallest absolute Gasteiger partial charge is 0.151 e. The second-order valence-corrected chi connectivity index (χ2v) is 6.46. The van der Waals surface area contributed by atoms with Crippen LogP contribution < -0.4 is 0 Å². The summed E-state index contributed by atoms with van der Waals surface area (Å²) in [6, 6.07) is 16.8. The molecule has 1 N–H and O–H groups in total. The number of benzene rings is 2. The standard InChI is InChI=1S/C21H14ClFN4O/c22-13-8-9-17-15(11-13)20(14-5-1-2-6-16(14)23)25-12-19(26-17)21(27-28)18-7-3-4-10-24-18/h1-11,28H,12H2/b27-21-. The highest BCUT2D eigenvalue weighted by atomic mass is 35.5. The van der Waals surface area contributed by atoms with Gasteiger partial charge >= 0.3 is 0 Å². The van der Waals surface area contributed by atoms with E-state index < -0.39 is 5.82 Å². The van der Waals surface area contributed by atoms with Crippen molar-refractivity contribution >= 4 is 34.4 Å². The maximum Gasteiger partial charge on any atom is 0.151 e. The Morgan fingerprint density at radius 3 is 2.61 bits per heavy atom. The van der Waals surface area contributed by atoms with Crippen molar-refractivity contribution in [1.29, 1.82) is 0 Å². The Bertz CT molecular complexity index is 1130. The average molecular weight is 393 g/mol. The Balaban J connectivity index is 1.88. The number of aliphatic imine (C=N–C) groups is 2. The molecule has 1 aliphatic heterocycles. The largest absolute Gasteiger partial charge is 0.410 e. The van der Waals surface area contributed by atoms with Crippen molar-refractivity contribution in [3.8, 4) is 0 Å². The van der Waals surface area contributed by atoms with Crippen LogP contribution in [-0.4, -0.2) is 33.9 Å². The molecule has 0 unspecified atom stereocenters. The molecule has 0 aliphatic carbocycles. The molecule has 7 heteroatoms. The van der Waals surface area contributed by atoms with Gasteiger partial charge in [0.25, 0.3) is 0 Å². The lowest BCUT2D eigenvalue weighted by atomic mass is 10.0. The monoisotopic (exact) mass is 392 g/mol. The quantitative estimate of drug-likeness (QED) is 0.399. The first-order valence-electron chi connectivity index (χ1n) is 8.48. The Hall–Kier alpha value is -3.38. The number of halogens is 2. The van der Waals surface area contributed by atoms with Crippen LogP contribution in [-0.2, 0) is 0 Å². The lowest BCUT2D eigenvalue weighted by Gasteiger charge is -2.09. The summed E-state index contributed by atoms with van der Waals surface area (Å²) in [5.74, 6) is -0.392. The minimum absolute atomic E-state index is 0.0892. The molecule has 5 nitrogen and oxygen atoms in total. The van der Waals surface area contributed by atoms with Crippen molar-refractivity contribution in [3.05, 3.63) is 94.5 Å². The molecule has 0 amide bonds. The van der Waals surface area contributed by atoms with Gasteiger partial charge in [0.15, 0.2) is 5.71 Å². The number of pyridine rings is 1. The van der Waals surface area contributed by atoms with Gasteiger partial charge in [0.05, 0.1) is 29.3 Å². The average Bonchev–Trinajstić information content (AvgIpc) is 2.89. The predicted octanol–water partition coefficient (Wildman–Crippen LogP) is 4.68. The number of hydrogen-bond acceptors (Lipinski definition) is 5. The molecule has 3 aromatic rings. The SMILES string of the molecule is O/N=C(\C1=Nc2ccc(Cl)cc2C(c2ccccc2F)=NC1)c1ccccn1. The van der Waals surface area contributed by atoms with Gasteiger partial charge in [-0.3, -0.25) is 9.98 Å². The third-order valence-corrected chi connectivity index (χ3v) is 4.50. The van der Waals surface area contributed by atoms with E-state index in [9.17, 15) is 9.60 Å². The molecule has 0 saturated heterocycles. The zero-order valence-electron chi connectivity index (χ0n) is 14.5. The van der Waals surface area contributed by atoms with E-state index in [1.807, 2.05) is 0 Å². The first kappa shape index (κ1) is 18.0. The summed E-state index contributed by atoms with van der Waals surface area (Å²) in [5.41, 5.74) is 3.03. The molecule has 0 bridgehead atoms. The molecule has 2 aromatic carbocycles. The second-order valence-electron chi connectivity index (χ2n) is 6.03. The molecule has 0 spiro atoms. The normalized spacial score (nSPS) is 14.0. The first-order valence-corrected chi connectivity index (χ1v) is 8.86. The number of rotatable bonds is 3. The molecule has 0 saturated carbocycles. The minimum Gasteiger partial charge on any atom is -0.410 e. The van der Waals surface area contributed by atoms with Crippen molar-refractivity contribution in [2.45, 2.75) is 0 Å². The van der Waals surface area contributed by atoms with E-state index in [4.69, 9.17) is 11.6 Å². The van der Waals surface area contributed by atoms with Gasteiger partial charge in [-0.25, -0.2) is 9.38 Å².